The number of hydrogen-bond donors (Lipinski definition) is 0. The van der Waals surface area contributed by atoms with E-state index in [4.69, 9.17) is 9.47 Å². The predicted octanol–water partition coefficient (Wildman–Crippen LogP) is 3.26. The summed E-state index contributed by atoms with van der Waals surface area (Å²) in [5, 5.41) is -0.0644. The zero-order valence-corrected chi connectivity index (χ0v) is 14.9. The van der Waals surface area contributed by atoms with Crippen LogP contribution >= 0.6 is 11.8 Å². The van der Waals surface area contributed by atoms with Crippen molar-refractivity contribution < 1.29 is 19.1 Å². The molecule has 1 saturated heterocycles. The normalized spacial score (nSPS) is 16.8. The molecule has 2 aromatic carbocycles. The van der Waals surface area contributed by atoms with E-state index in [2.05, 4.69) is 0 Å². The SMILES string of the molecule is COC(=O)c1ccc(C2SCC(=O)N2Cc2cccc(OC)c2)cc1. The van der Waals surface area contributed by atoms with Gasteiger partial charge >= 0.3 is 5.97 Å². The number of rotatable bonds is 5. The molecular weight excluding hydrogens is 338 g/mol. The molecule has 0 radical (unpaired) electrons. The van der Waals surface area contributed by atoms with Crippen molar-refractivity contribution in [3.8, 4) is 5.75 Å². The Morgan fingerprint density at radius 2 is 1.96 bits per heavy atom. The maximum absolute atomic E-state index is 12.3. The number of amides is 1. The zero-order valence-electron chi connectivity index (χ0n) is 14.1. The molecule has 1 aliphatic heterocycles. The van der Waals surface area contributed by atoms with Gasteiger partial charge < -0.3 is 14.4 Å². The lowest BCUT2D eigenvalue weighted by Crippen LogP contribution is -2.27. The average Bonchev–Trinajstić information content (AvgIpc) is 3.02. The number of nitrogens with zero attached hydrogens (tertiary/aromatic N) is 1. The van der Waals surface area contributed by atoms with Crippen molar-refractivity contribution >= 4 is 23.6 Å². The number of thioether (sulfide) groups is 1. The van der Waals surface area contributed by atoms with Crippen LogP contribution < -0.4 is 4.74 Å². The molecule has 5 nitrogen and oxygen atoms in total. The first-order chi connectivity index (χ1) is 12.1. The third-order valence-corrected chi connectivity index (χ3v) is 5.33. The van der Waals surface area contributed by atoms with E-state index in [-0.39, 0.29) is 17.3 Å². The Bertz CT molecular complexity index is 775. The summed E-state index contributed by atoms with van der Waals surface area (Å²) < 4.78 is 9.97. The van der Waals surface area contributed by atoms with Crippen LogP contribution in [0, 0.1) is 0 Å². The number of carbonyl (C=O) groups is 2. The van der Waals surface area contributed by atoms with Crippen LogP contribution in [0.4, 0.5) is 0 Å². The van der Waals surface area contributed by atoms with E-state index < -0.39 is 0 Å². The van der Waals surface area contributed by atoms with Gasteiger partial charge in [-0.1, -0.05) is 24.3 Å². The van der Waals surface area contributed by atoms with Gasteiger partial charge in [-0.2, -0.15) is 0 Å². The van der Waals surface area contributed by atoms with E-state index in [1.54, 1.807) is 31.0 Å². The summed E-state index contributed by atoms with van der Waals surface area (Å²) in [5.41, 5.74) is 2.51. The van der Waals surface area contributed by atoms with Crippen LogP contribution in [0.3, 0.4) is 0 Å². The molecule has 1 unspecified atom stereocenters. The molecule has 1 fully saturated rings. The van der Waals surface area contributed by atoms with E-state index in [1.807, 2.05) is 41.3 Å². The molecule has 0 aromatic heterocycles. The van der Waals surface area contributed by atoms with Crippen molar-refractivity contribution in [2.24, 2.45) is 0 Å². The molecule has 0 bridgehead atoms. The minimum absolute atomic E-state index is 0.0644. The highest BCUT2D eigenvalue weighted by Gasteiger charge is 2.32. The van der Waals surface area contributed by atoms with E-state index in [1.165, 1.54) is 7.11 Å². The first-order valence-electron chi connectivity index (χ1n) is 7.84. The standard InChI is InChI=1S/C19H19NO4S/c1-23-16-5-3-4-13(10-16)11-20-17(21)12-25-18(20)14-6-8-15(9-7-14)19(22)24-2/h3-10,18H,11-12H2,1-2H3. The molecule has 6 heteroatoms. The van der Waals surface area contributed by atoms with Crippen molar-refractivity contribution in [2.45, 2.75) is 11.9 Å². The molecule has 0 spiro atoms. The second kappa shape index (κ2) is 7.61. The van der Waals surface area contributed by atoms with Crippen LogP contribution in [0.2, 0.25) is 0 Å². The molecule has 3 rings (SSSR count). The quantitative estimate of drug-likeness (QED) is 0.769. The smallest absolute Gasteiger partial charge is 0.337 e. The fraction of sp³-hybridized carbons (Fsp3) is 0.263. The van der Waals surface area contributed by atoms with Gasteiger partial charge in [0, 0.05) is 6.54 Å². The van der Waals surface area contributed by atoms with E-state index in [0.29, 0.717) is 17.9 Å². The third kappa shape index (κ3) is 3.79. The van der Waals surface area contributed by atoms with Crippen LogP contribution in [0.15, 0.2) is 48.5 Å². The molecule has 0 N–H and O–H groups in total. The first-order valence-corrected chi connectivity index (χ1v) is 8.89. The molecule has 1 atom stereocenters. The van der Waals surface area contributed by atoms with Crippen LogP contribution in [0.25, 0.3) is 0 Å². The van der Waals surface area contributed by atoms with E-state index in [9.17, 15) is 9.59 Å². The van der Waals surface area contributed by atoms with Crippen LogP contribution in [0.5, 0.6) is 5.75 Å². The van der Waals surface area contributed by atoms with Crippen molar-refractivity contribution in [3.63, 3.8) is 0 Å². The molecule has 1 heterocycles. The summed E-state index contributed by atoms with van der Waals surface area (Å²) in [6, 6.07) is 14.9. The van der Waals surface area contributed by atoms with Gasteiger partial charge in [0.2, 0.25) is 5.91 Å². The van der Waals surface area contributed by atoms with Crippen molar-refractivity contribution in [3.05, 3.63) is 65.2 Å². The van der Waals surface area contributed by atoms with Crippen molar-refractivity contribution in [2.75, 3.05) is 20.0 Å². The number of ether oxygens (including phenoxy) is 2. The molecule has 1 amide bonds. The summed E-state index contributed by atoms with van der Waals surface area (Å²) in [4.78, 5) is 25.8. The summed E-state index contributed by atoms with van der Waals surface area (Å²) in [5.74, 6) is 0.966. The van der Waals surface area contributed by atoms with Gasteiger partial charge in [-0.15, -0.1) is 11.8 Å². The van der Waals surface area contributed by atoms with Gasteiger partial charge in [0.05, 0.1) is 25.5 Å². The second-order valence-corrected chi connectivity index (χ2v) is 6.72. The summed E-state index contributed by atoms with van der Waals surface area (Å²) in [6.07, 6.45) is 0. The molecule has 25 heavy (non-hydrogen) atoms. The number of carbonyl (C=O) groups excluding carboxylic acids is 2. The Balaban J connectivity index is 1.80. The minimum Gasteiger partial charge on any atom is -0.497 e. The fourth-order valence-corrected chi connectivity index (χ4v) is 3.96. The van der Waals surface area contributed by atoms with Crippen molar-refractivity contribution in [1.29, 1.82) is 0 Å². The molecular formula is C19H19NO4S. The number of esters is 1. The maximum Gasteiger partial charge on any atom is 0.337 e. The molecule has 1 aliphatic rings. The van der Waals surface area contributed by atoms with Gasteiger partial charge in [-0.05, 0) is 35.4 Å². The Labute approximate surface area is 150 Å². The largest absolute Gasteiger partial charge is 0.497 e. The first kappa shape index (κ1) is 17.4. The number of hydrogen-bond acceptors (Lipinski definition) is 5. The highest BCUT2D eigenvalue weighted by Crippen LogP contribution is 2.39. The third-order valence-electron chi connectivity index (χ3n) is 4.07. The molecule has 2 aromatic rings. The van der Waals surface area contributed by atoms with Crippen LogP contribution in [-0.4, -0.2) is 36.7 Å². The number of benzene rings is 2. The zero-order chi connectivity index (χ0) is 17.8. The van der Waals surface area contributed by atoms with Crippen LogP contribution in [0.1, 0.15) is 26.9 Å². The van der Waals surface area contributed by atoms with Crippen molar-refractivity contribution in [1.82, 2.24) is 4.90 Å². The van der Waals surface area contributed by atoms with E-state index in [0.717, 1.165) is 16.9 Å². The number of methoxy groups -OCH3 is 2. The topological polar surface area (TPSA) is 55.8 Å². The highest BCUT2D eigenvalue weighted by atomic mass is 32.2. The lowest BCUT2D eigenvalue weighted by Gasteiger charge is -2.24. The molecule has 0 aliphatic carbocycles. The minimum atomic E-state index is -0.366. The maximum atomic E-state index is 12.3. The Morgan fingerprint density at radius 1 is 1.20 bits per heavy atom. The average molecular weight is 357 g/mol. The predicted molar refractivity (Wildman–Crippen MR) is 96.5 cm³/mol. The highest BCUT2D eigenvalue weighted by molar-refractivity contribution is 8.00. The monoisotopic (exact) mass is 357 g/mol. The lowest BCUT2D eigenvalue weighted by atomic mass is 10.1. The molecule has 130 valence electrons. The summed E-state index contributed by atoms with van der Waals surface area (Å²) in [7, 11) is 2.99. The fourth-order valence-electron chi connectivity index (χ4n) is 2.77. The molecule has 0 saturated carbocycles. The Kier molecular flexibility index (Phi) is 5.28. The van der Waals surface area contributed by atoms with Gasteiger partial charge in [-0.3, -0.25) is 4.79 Å². The summed E-state index contributed by atoms with van der Waals surface area (Å²) in [6.45, 7) is 0.520. The van der Waals surface area contributed by atoms with Gasteiger partial charge in [-0.25, -0.2) is 4.79 Å². The van der Waals surface area contributed by atoms with E-state index >= 15 is 0 Å². The second-order valence-electron chi connectivity index (χ2n) is 5.65. The van der Waals surface area contributed by atoms with Gasteiger partial charge in [0.15, 0.2) is 0 Å². The van der Waals surface area contributed by atoms with Gasteiger partial charge in [0.1, 0.15) is 11.1 Å². The lowest BCUT2D eigenvalue weighted by molar-refractivity contribution is -0.128. The van der Waals surface area contributed by atoms with Crippen LogP contribution in [-0.2, 0) is 16.1 Å². The Hall–Kier alpha value is -2.47. The Morgan fingerprint density at radius 3 is 2.64 bits per heavy atom. The van der Waals surface area contributed by atoms with Gasteiger partial charge in [0.25, 0.3) is 0 Å². The summed E-state index contributed by atoms with van der Waals surface area (Å²) >= 11 is 1.59.